The van der Waals surface area contributed by atoms with Crippen molar-refractivity contribution in [3.05, 3.63) is 17.2 Å². The lowest BCUT2D eigenvalue weighted by Gasteiger charge is -2.26. The van der Waals surface area contributed by atoms with E-state index in [1.807, 2.05) is 6.21 Å². The third-order valence-corrected chi connectivity index (χ3v) is 3.86. The van der Waals surface area contributed by atoms with Crippen LogP contribution in [0.25, 0.3) is 5.57 Å². The fraction of sp³-hybridized carbons (Fsp3) is 0.500. The second kappa shape index (κ2) is 4.98. The fourth-order valence-corrected chi connectivity index (χ4v) is 2.90. The van der Waals surface area contributed by atoms with Gasteiger partial charge < -0.3 is 9.64 Å². The van der Waals surface area contributed by atoms with E-state index in [2.05, 4.69) is 21.3 Å². The van der Waals surface area contributed by atoms with Gasteiger partial charge in [-0.15, -0.1) is 11.3 Å². The average molecular weight is 249 g/mol. The van der Waals surface area contributed by atoms with Gasteiger partial charge in [-0.25, -0.2) is 4.98 Å². The number of nitrogens with zero attached hydrogens (tertiary/aromatic N) is 3. The predicted molar refractivity (Wildman–Crippen MR) is 71.1 cm³/mol. The van der Waals surface area contributed by atoms with Crippen LogP contribution in [0.4, 0.5) is 5.13 Å². The summed E-state index contributed by atoms with van der Waals surface area (Å²) in [6, 6.07) is 0. The Labute approximate surface area is 105 Å². The highest BCUT2D eigenvalue weighted by atomic mass is 32.1. The summed E-state index contributed by atoms with van der Waals surface area (Å²) in [5.41, 5.74) is 2.34. The molecule has 1 saturated heterocycles. The molecule has 1 aromatic rings. The van der Waals surface area contributed by atoms with Gasteiger partial charge in [-0.2, -0.15) is 0 Å². The average Bonchev–Trinajstić information content (AvgIpc) is 2.90. The quantitative estimate of drug-likeness (QED) is 0.802. The van der Waals surface area contributed by atoms with E-state index >= 15 is 0 Å². The van der Waals surface area contributed by atoms with Crippen molar-refractivity contribution in [1.29, 1.82) is 0 Å². The second-order valence-corrected chi connectivity index (χ2v) is 4.94. The first kappa shape index (κ1) is 10.9. The number of allylic oxidation sites excluding steroid dienone is 1. The maximum atomic E-state index is 5.35. The zero-order valence-electron chi connectivity index (χ0n) is 9.63. The largest absolute Gasteiger partial charge is 0.378 e. The summed E-state index contributed by atoms with van der Waals surface area (Å²) >= 11 is 1.72. The first-order valence-electron chi connectivity index (χ1n) is 5.89. The molecule has 3 rings (SSSR count). The van der Waals surface area contributed by atoms with Crippen molar-refractivity contribution in [2.75, 3.05) is 37.7 Å². The lowest BCUT2D eigenvalue weighted by molar-refractivity contribution is 0.122. The van der Waals surface area contributed by atoms with Gasteiger partial charge in [-0.1, -0.05) is 6.08 Å². The fourth-order valence-electron chi connectivity index (χ4n) is 1.99. The molecule has 0 N–H and O–H groups in total. The summed E-state index contributed by atoms with van der Waals surface area (Å²) in [7, 11) is 0. The van der Waals surface area contributed by atoms with Gasteiger partial charge in [0, 0.05) is 31.1 Å². The molecule has 2 aliphatic rings. The maximum absolute atomic E-state index is 5.35. The predicted octanol–water partition coefficient (Wildman–Crippen LogP) is 1.84. The summed E-state index contributed by atoms with van der Waals surface area (Å²) in [6.07, 6.45) is 5.10. The van der Waals surface area contributed by atoms with Crippen molar-refractivity contribution in [3.63, 3.8) is 0 Å². The number of anilines is 1. The number of aromatic nitrogens is 1. The smallest absolute Gasteiger partial charge is 0.186 e. The van der Waals surface area contributed by atoms with Crippen LogP contribution >= 0.6 is 11.3 Å². The van der Waals surface area contributed by atoms with Gasteiger partial charge in [0.25, 0.3) is 0 Å². The molecule has 1 fully saturated rings. The first-order chi connectivity index (χ1) is 8.43. The summed E-state index contributed by atoms with van der Waals surface area (Å²) in [5.74, 6) is 0. The maximum Gasteiger partial charge on any atom is 0.186 e. The van der Waals surface area contributed by atoms with Crippen LogP contribution in [0, 0.1) is 0 Å². The van der Waals surface area contributed by atoms with Crippen LogP contribution in [0.2, 0.25) is 0 Å². The molecule has 0 spiro atoms. The molecule has 1 aromatic heterocycles. The highest BCUT2D eigenvalue weighted by molar-refractivity contribution is 7.13. The molecule has 17 heavy (non-hydrogen) atoms. The summed E-state index contributed by atoms with van der Waals surface area (Å²) in [5, 5.41) is 3.25. The van der Waals surface area contributed by atoms with E-state index in [-0.39, 0.29) is 0 Å². The Bertz CT molecular complexity index is 446. The van der Waals surface area contributed by atoms with Crippen LogP contribution in [0.15, 0.2) is 16.4 Å². The SMILES string of the molecule is C1=NCC(c2csc(N3CCOCC3)n2)=CC1. The first-order valence-corrected chi connectivity index (χ1v) is 6.77. The van der Waals surface area contributed by atoms with Crippen LogP contribution in [-0.2, 0) is 4.74 Å². The molecule has 0 radical (unpaired) electrons. The molecule has 0 aromatic carbocycles. The van der Waals surface area contributed by atoms with Gasteiger partial charge in [0.2, 0.25) is 0 Å². The van der Waals surface area contributed by atoms with E-state index in [0.717, 1.165) is 50.1 Å². The van der Waals surface area contributed by atoms with Crippen LogP contribution in [0.3, 0.4) is 0 Å². The summed E-state index contributed by atoms with van der Waals surface area (Å²) in [6.45, 7) is 4.28. The van der Waals surface area contributed by atoms with Crippen molar-refractivity contribution in [1.82, 2.24) is 4.98 Å². The van der Waals surface area contributed by atoms with E-state index in [4.69, 9.17) is 9.72 Å². The van der Waals surface area contributed by atoms with Crippen molar-refractivity contribution in [2.24, 2.45) is 4.99 Å². The molecule has 0 saturated carbocycles. The Hall–Kier alpha value is -1.20. The lowest BCUT2D eigenvalue weighted by atomic mass is 10.1. The molecule has 0 amide bonds. The van der Waals surface area contributed by atoms with Gasteiger partial charge in [-0.05, 0) is 5.57 Å². The molecule has 0 atom stereocenters. The topological polar surface area (TPSA) is 37.7 Å². The summed E-state index contributed by atoms with van der Waals surface area (Å²) in [4.78, 5) is 11.3. The Balaban J connectivity index is 1.75. The number of thiazole rings is 1. The zero-order valence-corrected chi connectivity index (χ0v) is 10.4. The number of hydrogen-bond acceptors (Lipinski definition) is 5. The molecule has 5 heteroatoms. The van der Waals surface area contributed by atoms with Crippen LogP contribution in [0.1, 0.15) is 12.1 Å². The van der Waals surface area contributed by atoms with E-state index in [1.54, 1.807) is 11.3 Å². The molecule has 90 valence electrons. The minimum Gasteiger partial charge on any atom is -0.378 e. The van der Waals surface area contributed by atoms with Crippen LogP contribution in [-0.4, -0.2) is 44.0 Å². The standard InChI is InChI=1S/C12H15N3OS/c1-2-10(8-13-3-1)11-9-17-12(14-11)15-4-6-16-7-5-15/h2-3,9H,1,4-8H2. The third-order valence-electron chi connectivity index (χ3n) is 2.96. The van der Waals surface area contributed by atoms with Gasteiger partial charge in [0.15, 0.2) is 5.13 Å². The molecule has 4 nitrogen and oxygen atoms in total. The molecule has 2 aliphatic heterocycles. The Morgan fingerprint density at radius 3 is 2.94 bits per heavy atom. The van der Waals surface area contributed by atoms with E-state index in [1.165, 1.54) is 5.57 Å². The normalized spacial score (nSPS) is 20.5. The van der Waals surface area contributed by atoms with Crippen molar-refractivity contribution in [3.8, 4) is 0 Å². The molecule has 3 heterocycles. The van der Waals surface area contributed by atoms with E-state index < -0.39 is 0 Å². The Morgan fingerprint density at radius 2 is 2.18 bits per heavy atom. The number of dihydropyridines is 1. The Kier molecular flexibility index (Phi) is 3.20. The highest BCUT2D eigenvalue weighted by Gasteiger charge is 2.16. The van der Waals surface area contributed by atoms with Gasteiger partial charge in [-0.3, -0.25) is 4.99 Å². The monoisotopic (exact) mass is 249 g/mol. The number of rotatable bonds is 2. The molecule has 0 unspecified atom stereocenters. The zero-order chi connectivity index (χ0) is 11.5. The molecular formula is C12H15N3OS. The second-order valence-electron chi connectivity index (χ2n) is 4.10. The molecule has 0 bridgehead atoms. The van der Waals surface area contributed by atoms with E-state index in [9.17, 15) is 0 Å². The number of morpholine rings is 1. The van der Waals surface area contributed by atoms with E-state index in [0.29, 0.717) is 0 Å². The third kappa shape index (κ3) is 2.40. The van der Waals surface area contributed by atoms with Crippen molar-refractivity contribution < 1.29 is 4.74 Å². The summed E-state index contributed by atoms with van der Waals surface area (Å²) < 4.78 is 5.35. The van der Waals surface area contributed by atoms with Crippen molar-refractivity contribution in [2.45, 2.75) is 6.42 Å². The molecular weight excluding hydrogens is 234 g/mol. The number of hydrogen-bond donors (Lipinski definition) is 0. The minimum absolute atomic E-state index is 0.770. The van der Waals surface area contributed by atoms with Gasteiger partial charge in [0.05, 0.1) is 25.5 Å². The van der Waals surface area contributed by atoms with Gasteiger partial charge >= 0.3 is 0 Å². The number of ether oxygens (including phenoxy) is 1. The number of aliphatic imine (C=N–C) groups is 1. The lowest BCUT2D eigenvalue weighted by Crippen LogP contribution is -2.36. The van der Waals surface area contributed by atoms with Gasteiger partial charge in [0.1, 0.15) is 0 Å². The minimum atomic E-state index is 0.770. The molecule has 0 aliphatic carbocycles. The Morgan fingerprint density at radius 1 is 1.29 bits per heavy atom. The van der Waals surface area contributed by atoms with Crippen LogP contribution < -0.4 is 4.90 Å². The van der Waals surface area contributed by atoms with Crippen molar-refractivity contribution >= 4 is 28.3 Å². The highest BCUT2D eigenvalue weighted by Crippen LogP contribution is 2.26. The van der Waals surface area contributed by atoms with Crippen LogP contribution in [0.5, 0.6) is 0 Å².